The molecule has 5 rings (SSSR count). The molecule has 0 bridgehead atoms. The Morgan fingerprint density at radius 1 is 1.00 bits per heavy atom. The fourth-order valence-electron chi connectivity index (χ4n) is 3.72. The molecule has 1 atom stereocenters. The van der Waals surface area contributed by atoms with Gasteiger partial charge in [-0.3, -0.25) is 4.57 Å². The van der Waals surface area contributed by atoms with Gasteiger partial charge in [0.15, 0.2) is 11.6 Å². The zero-order valence-electron chi connectivity index (χ0n) is 16.5. The van der Waals surface area contributed by atoms with Crippen LogP contribution in [0, 0.1) is 11.6 Å². The molecule has 158 valence electrons. The van der Waals surface area contributed by atoms with E-state index in [1.54, 1.807) is 12.1 Å². The number of fused-ring (bicyclic) bond motifs is 1. The lowest BCUT2D eigenvalue weighted by atomic mass is 10.2. The summed E-state index contributed by atoms with van der Waals surface area (Å²) in [7, 11) is 0. The molecule has 0 saturated heterocycles. The van der Waals surface area contributed by atoms with Gasteiger partial charge >= 0.3 is 0 Å². The summed E-state index contributed by atoms with van der Waals surface area (Å²) in [6.07, 6.45) is 0.808. The van der Waals surface area contributed by atoms with Crippen LogP contribution in [0.25, 0.3) is 17.1 Å². The quantitative estimate of drug-likeness (QED) is 0.478. The summed E-state index contributed by atoms with van der Waals surface area (Å²) in [5, 5.41) is 21.9. The lowest BCUT2D eigenvalue weighted by Gasteiger charge is -2.32. The fourth-order valence-corrected chi connectivity index (χ4v) is 3.90. The smallest absolute Gasteiger partial charge is 0.228 e. The maximum absolute atomic E-state index is 13.7. The van der Waals surface area contributed by atoms with Gasteiger partial charge in [0, 0.05) is 29.7 Å². The second-order valence-corrected chi connectivity index (χ2v) is 7.71. The first-order valence-corrected chi connectivity index (χ1v) is 10.1. The number of benzene rings is 2. The van der Waals surface area contributed by atoms with E-state index in [2.05, 4.69) is 25.6 Å². The summed E-state index contributed by atoms with van der Waals surface area (Å²) in [5.74, 6) is 0.207. The Balaban J connectivity index is 1.46. The van der Waals surface area contributed by atoms with Gasteiger partial charge in [-0.1, -0.05) is 17.7 Å². The third-order valence-corrected chi connectivity index (χ3v) is 5.43. The Labute approximate surface area is 181 Å². The first-order chi connectivity index (χ1) is 15.0. The predicted molar refractivity (Wildman–Crippen MR) is 110 cm³/mol. The summed E-state index contributed by atoms with van der Waals surface area (Å²) in [6, 6.07) is 10.3. The molecule has 1 aliphatic heterocycles. The highest BCUT2D eigenvalue weighted by Crippen LogP contribution is 2.31. The van der Waals surface area contributed by atoms with Crippen LogP contribution >= 0.6 is 11.6 Å². The average Bonchev–Trinajstić information content (AvgIpc) is 3.40. The molecule has 0 aliphatic carbocycles. The molecule has 0 fully saturated rings. The Bertz CT molecular complexity index is 1230. The highest BCUT2D eigenvalue weighted by Gasteiger charge is 2.29. The van der Waals surface area contributed by atoms with Crippen molar-refractivity contribution in [1.29, 1.82) is 0 Å². The molecule has 0 spiro atoms. The van der Waals surface area contributed by atoms with Crippen LogP contribution in [0.2, 0.25) is 5.02 Å². The van der Waals surface area contributed by atoms with E-state index in [9.17, 15) is 8.78 Å². The summed E-state index contributed by atoms with van der Waals surface area (Å²) in [4.78, 5) is 3.43. The van der Waals surface area contributed by atoms with Gasteiger partial charge in [-0.15, -0.1) is 25.2 Å². The van der Waals surface area contributed by atoms with Crippen molar-refractivity contribution in [2.45, 2.75) is 25.9 Å². The highest BCUT2D eigenvalue weighted by atomic mass is 35.5. The Morgan fingerprint density at radius 3 is 2.58 bits per heavy atom. The van der Waals surface area contributed by atoms with Crippen molar-refractivity contribution in [1.82, 2.24) is 35.0 Å². The van der Waals surface area contributed by atoms with Crippen molar-refractivity contribution in [3.8, 4) is 17.1 Å². The van der Waals surface area contributed by atoms with Gasteiger partial charge in [0.05, 0.1) is 11.7 Å². The van der Waals surface area contributed by atoms with Crippen molar-refractivity contribution in [3.63, 3.8) is 0 Å². The van der Waals surface area contributed by atoms with Gasteiger partial charge in [0.1, 0.15) is 11.6 Å². The van der Waals surface area contributed by atoms with E-state index in [-0.39, 0.29) is 6.04 Å². The zero-order chi connectivity index (χ0) is 21.5. The van der Waals surface area contributed by atoms with Crippen molar-refractivity contribution in [2.75, 3.05) is 11.4 Å². The van der Waals surface area contributed by atoms with Gasteiger partial charge in [-0.2, -0.15) is 0 Å². The minimum atomic E-state index is -0.657. The predicted octanol–water partition coefficient (Wildman–Crippen LogP) is 3.82. The lowest BCUT2D eigenvalue weighted by molar-refractivity contribution is 0.509. The molecular formula is C20H17ClF2N8. The largest absolute Gasteiger partial charge is 0.331 e. The molecule has 0 radical (unpaired) electrons. The van der Waals surface area contributed by atoms with Crippen molar-refractivity contribution >= 4 is 17.5 Å². The van der Waals surface area contributed by atoms with Gasteiger partial charge in [-0.25, -0.2) is 8.78 Å². The number of nitrogens with zero attached hydrogens (tertiary/aromatic N) is 8. The van der Waals surface area contributed by atoms with Crippen LogP contribution in [0.4, 0.5) is 14.7 Å². The van der Waals surface area contributed by atoms with E-state index in [1.165, 1.54) is 16.9 Å². The molecule has 3 heterocycles. The van der Waals surface area contributed by atoms with E-state index in [4.69, 9.17) is 11.6 Å². The maximum Gasteiger partial charge on any atom is 0.228 e. The topological polar surface area (TPSA) is 77.5 Å². The number of tetrazole rings is 1. The van der Waals surface area contributed by atoms with Gasteiger partial charge in [0.2, 0.25) is 5.95 Å². The van der Waals surface area contributed by atoms with Crippen LogP contribution in [0.5, 0.6) is 0 Å². The number of aromatic nitrogens is 7. The van der Waals surface area contributed by atoms with Crippen molar-refractivity contribution < 1.29 is 8.78 Å². The first-order valence-electron chi connectivity index (χ1n) is 9.72. The molecule has 11 heteroatoms. The maximum atomic E-state index is 13.7. The Hall–Kier alpha value is -3.40. The third kappa shape index (κ3) is 3.63. The molecule has 1 aliphatic rings. The summed E-state index contributed by atoms with van der Waals surface area (Å²) in [5.41, 5.74) is 1.05. The second kappa shape index (κ2) is 7.69. The molecular weight excluding hydrogens is 426 g/mol. The minimum absolute atomic E-state index is 0.242. The molecule has 0 saturated carbocycles. The standard InChI is InChI=1S/C20H17ClF2N8/c1-12(18-24-28-31(27-18)17-5-2-4-14(21)10-17)29-6-3-7-30-19(25-26-20(29)30)13-8-15(22)11-16(23)9-13/h2,4-5,8-12H,3,6-7H2,1H3. The molecule has 2 aromatic heterocycles. The number of halogens is 3. The monoisotopic (exact) mass is 442 g/mol. The normalized spacial score (nSPS) is 14.5. The fraction of sp³-hybridized carbons (Fsp3) is 0.250. The van der Waals surface area contributed by atoms with Crippen LogP contribution in [-0.2, 0) is 6.54 Å². The SMILES string of the molecule is CC(c1nnn(-c2cccc(Cl)c2)n1)N1CCCn2c(-c3cc(F)cc(F)c3)nnc21. The number of hydrogen-bond acceptors (Lipinski definition) is 6. The third-order valence-electron chi connectivity index (χ3n) is 5.20. The molecule has 1 unspecified atom stereocenters. The van der Waals surface area contributed by atoms with E-state index >= 15 is 0 Å². The molecule has 4 aromatic rings. The summed E-state index contributed by atoms with van der Waals surface area (Å²) >= 11 is 6.05. The van der Waals surface area contributed by atoms with E-state index in [0.717, 1.165) is 12.5 Å². The average molecular weight is 443 g/mol. The minimum Gasteiger partial charge on any atom is -0.331 e. The summed E-state index contributed by atoms with van der Waals surface area (Å²) < 4.78 is 29.3. The lowest BCUT2D eigenvalue weighted by Crippen LogP contribution is -2.35. The van der Waals surface area contributed by atoms with E-state index in [1.807, 2.05) is 28.5 Å². The van der Waals surface area contributed by atoms with Crippen LogP contribution in [0.1, 0.15) is 25.2 Å². The van der Waals surface area contributed by atoms with Gasteiger partial charge in [0.25, 0.3) is 0 Å². The van der Waals surface area contributed by atoms with Crippen molar-refractivity contribution in [3.05, 3.63) is 64.9 Å². The molecule has 0 amide bonds. The van der Waals surface area contributed by atoms with Crippen molar-refractivity contribution in [2.24, 2.45) is 0 Å². The zero-order valence-corrected chi connectivity index (χ0v) is 17.2. The first kappa shape index (κ1) is 19.6. The number of hydrogen-bond donors (Lipinski definition) is 0. The number of rotatable bonds is 4. The van der Waals surface area contributed by atoms with Gasteiger partial charge < -0.3 is 4.90 Å². The van der Waals surface area contributed by atoms with Crippen LogP contribution < -0.4 is 4.90 Å². The molecule has 2 aromatic carbocycles. The molecule has 0 N–H and O–H groups in total. The van der Waals surface area contributed by atoms with Crippen LogP contribution in [0.3, 0.4) is 0 Å². The molecule has 8 nitrogen and oxygen atoms in total. The molecule has 31 heavy (non-hydrogen) atoms. The van der Waals surface area contributed by atoms with Gasteiger partial charge in [-0.05, 0) is 48.9 Å². The summed E-state index contributed by atoms with van der Waals surface area (Å²) in [6.45, 7) is 3.30. The van der Waals surface area contributed by atoms with E-state index < -0.39 is 11.6 Å². The number of anilines is 1. The Kier molecular flexibility index (Phi) is 4.85. The Morgan fingerprint density at radius 2 is 1.81 bits per heavy atom. The van der Waals surface area contributed by atoms with E-state index in [0.29, 0.717) is 47.0 Å². The highest BCUT2D eigenvalue weighted by molar-refractivity contribution is 6.30. The van der Waals surface area contributed by atoms with Crippen LogP contribution in [-0.4, -0.2) is 41.5 Å². The second-order valence-electron chi connectivity index (χ2n) is 7.27. The van der Waals surface area contributed by atoms with Crippen LogP contribution in [0.15, 0.2) is 42.5 Å².